The van der Waals surface area contributed by atoms with Crippen molar-refractivity contribution in [1.29, 1.82) is 0 Å². The van der Waals surface area contributed by atoms with Crippen LogP contribution in [0.25, 0.3) is 0 Å². The van der Waals surface area contributed by atoms with Crippen LogP contribution in [0.1, 0.15) is 29.6 Å². The highest BCUT2D eigenvalue weighted by Crippen LogP contribution is 2.22. The molecule has 0 aliphatic rings. The van der Waals surface area contributed by atoms with Gasteiger partial charge in [-0.15, -0.1) is 12.6 Å². The third-order valence-electron chi connectivity index (χ3n) is 2.38. The Morgan fingerprint density at radius 3 is 2.58 bits per heavy atom. The number of rotatable bonds is 5. The number of halogens is 4. The van der Waals surface area contributed by atoms with Gasteiger partial charge in [0.25, 0.3) is 5.91 Å². The molecule has 2 nitrogen and oxygen atoms in total. The van der Waals surface area contributed by atoms with E-state index in [1.54, 1.807) is 18.2 Å². The second-order valence-electron chi connectivity index (χ2n) is 3.99. The van der Waals surface area contributed by atoms with Crippen LogP contribution in [0.4, 0.5) is 13.2 Å². The summed E-state index contributed by atoms with van der Waals surface area (Å²) in [7, 11) is 0. The number of nitrogens with one attached hydrogen (secondary N) is 1. The molecule has 106 valence electrons. The van der Waals surface area contributed by atoms with E-state index in [4.69, 9.17) is 0 Å². The Morgan fingerprint density at radius 2 is 2.00 bits per heavy atom. The molecule has 0 fully saturated rings. The molecule has 0 atom stereocenters. The summed E-state index contributed by atoms with van der Waals surface area (Å²) in [5, 5.41) is 2.58. The third kappa shape index (κ3) is 6.33. The molecule has 0 aromatic heterocycles. The van der Waals surface area contributed by atoms with Gasteiger partial charge in [-0.25, -0.2) is 0 Å². The smallest absolute Gasteiger partial charge is 0.352 e. The average Bonchev–Trinajstić information content (AvgIpc) is 2.26. The second kappa shape index (κ2) is 7.19. The summed E-state index contributed by atoms with van der Waals surface area (Å²) >= 11 is 7.42. The van der Waals surface area contributed by atoms with E-state index < -0.39 is 12.6 Å². The molecular weight excluding hydrogens is 343 g/mol. The largest absolute Gasteiger partial charge is 0.389 e. The number of hydrogen-bond donors (Lipinski definition) is 2. The first kappa shape index (κ1) is 16.4. The van der Waals surface area contributed by atoms with Crippen molar-refractivity contribution in [2.45, 2.75) is 30.3 Å². The van der Waals surface area contributed by atoms with Crippen LogP contribution in [0.3, 0.4) is 0 Å². The van der Waals surface area contributed by atoms with E-state index in [1.807, 2.05) is 0 Å². The Kier molecular flexibility index (Phi) is 6.19. The van der Waals surface area contributed by atoms with Crippen molar-refractivity contribution in [3.63, 3.8) is 0 Å². The van der Waals surface area contributed by atoms with E-state index >= 15 is 0 Å². The van der Waals surface area contributed by atoms with E-state index in [-0.39, 0.29) is 18.9 Å². The molecule has 0 saturated heterocycles. The van der Waals surface area contributed by atoms with E-state index in [2.05, 4.69) is 33.9 Å². The minimum atomic E-state index is -4.13. The standard InChI is InChI=1S/C12H13BrF3NOS/c13-8-3-4-9(10(19)7-8)11(18)17-6-2-1-5-12(14,15)16/h3-4,7,19H,1-2,5-6H2,(H,17,18). The van der Waals surface area contributed by atoms with Gasteiger partial charge in [-0.05, 0) is 31.0 Å². The number of unbranched alkanes of at least 4 members (excludes halogenated alkanes) is 1. The lowest BCUT2D eigenvalue weighted by atomic mass is 10.2. The average molecular weight is 356 g/mol. The van der Waals surface area contributed by atoms with Crippen molar-refractivity contribution in [2.24, 2.45) is 0 Å². The van der Waals surface area contributed by atoms with Crippen LogP contribution in [0.15, 0.2) is 27.6 Å². The number of alkyl halides is 3. The monoisotopic (exact) mass is 355 g/mol. The number of carbonyl (C=O) groups is 1. The van der Waals surface area contributed by atoms with Crippen molar-refractivity contribution < 1.29 is 18.0 Å². The second-order valence-corrected chi connectivity index (χ2v) is 5.39. The molecule has 1 rings (SSSR count). The molecule has 19 heavy (non-hydrogen) atoms. The van der Waals surface area contributed by atoms with Crippen LogP contribution < -0.4 is 5.32 Å². The van der Waals surface area contributed by atoms with Crippen LogP contribution >= 0.6 is 28.6 Å². The lowest BCUT2D eigenvalue weighted by Crippen LogP contribution is -2.25. The van der Waals surface area contributed by atoms with Crippen molar-refractivity contribution in [3.8, 4) is 0 Å². The number of amides is 1. The molecule has 1 aromatic carbocycles. The van der Waals surface area contributed by atoms with Gasteiger partial charge >= 0.3 is 6.18 Å². The molecule has 1 amide bonds. The molecule has 0 spiro atoms. The molecule has 0 aliphatic heterocycles. The fraction of sp³-hybridized carbons (Fsp3) is 0.417. The van der Waals surface area contributed by atoms with E-state index in [9.17, 15) is 18.0 Å². The van der Waals surface area contributed by atoms with Gasteiger partial charge in [0, 0.05) is 22.3 Å². The van der Waals surface area contributed by atoms with Gasteiger partial charge in [0.1, 0.15) is 0 Å². The van der Waals surface area contributed by atoms with Gasteiger partial charge in [-0.1, -0.05) is 15.9 Å². The predicted molar refractivity (Wildman–Crippen MR) is 73.6 cm³/mol. The molecular formula is C12H13BrF3NOS. The van der Waals surface area contributed by atoms with Gasteiger partial charge in [0.05, 0.1) is 5.56 Å². The van der Waals surface area contributed by atoms with Gasteiger partial charge in [-0.3, -0.25) is 4.79 Å². The van der Waals surface area contributed by atoms with Crippen molar-refractivity contribution in [3.05, 3.63) is 28.2 Å². The van der Waals surface area contributed by atoms with E-state index in [0.717, 1.165) is 4.47 Å². The molecule has 1 N–H and O–H groups in total. The first-order valence-electron chi connectivity index (χ1n) is 5.63. The first-order chi connectivity index (χ1) is 8.79. The quantitative estimate of drug-likeness (QED) is 0.601. The zero-order chi connectivity index (χ0) is 14.5. The SMILES string of the molecule is O=C(NCCCCC(F)(F)F)c1ccc(Br)cc1S. The van der Waals surface area contributed by atoms with Crippen molar-refractivity contribution in [1.82, 2.24) is 5.32 Å². The van der Waals surface area contributed by atoms with Crippen LogP contribution in [0.5, 0.6) is 0 Å². The molecule has 0 radical (unpaired) electrons. The maximum atomic E-state index is 11.9. The van der Waals surface area contributed by atoms with Crippen molar-refractivity contribution in [2.75, 3.05) is 6.54 Å². The summed E-state index contributed by atoms with van der Waals surface area (Å²) in [6.07, 6.45) is -4.64. The predicted octanol–water partition coefficient (Wildman–Crippen LogP) is 4.20. The lowest BCUT2D eigenvalue weighted by Gasteiger charge is -2.08. The fourth-order valence-corrected chi connectivity index (χ4v) is 2.30. The maximum absolute atomic E-state index is 11.9. The molecule has 0 saturated carbocycles. The van der Waals surface area contributed by atoms with Crippen LogP contribution in [-0.2, 0) is 0 Å². The summed E-state index contributed by atoms with van der Waals surface area (Å²) in [6.45, 7) is 0.220. The summed E-state index contributed by atoms with van der Waals surface area (Å²) in [5.74, 6) is -0.329. The third-order valence-corrected chi connectivity index (χ3v) is 3.24. The summed E-state index contributed by atoms with van der Waals surface area (Å²) < 4.78 is 36.5. The molecule has 0 unspecified atom stereocenters. The van der Waals surface area contributed by atoms with Crippen molar-refractivity contribution >= 4 is 34.5 Å². The summed E-state index contributed by atoms with van der Waals surface area (Å²) in [4.78, 5) is 12.3. The van der Waals surface area contributed by atoms with Gasteiger partial charge in [0.2, 0.25) is 0 Å². The minimum absolute atomic E-state index is 0.0118. The van der Waals surface area contributed by atoms with Gasteiger partial charge < -0.3 is 5.32 Å². The van der Waals surface area contributed by atoms with Gasteiger partial charge in [-0.2, -0.15) is 13.2 Å². The van der Waals surface area contributed by atoms with Crippen LogP contribution in [0.2, 0.25) is 0 Å². The fourth-order valence-electron chi connectivity index (χ4n) is 1.44. The highest BCUT2D eigenvalue weighted by Gasteiger charge is 2.25. The van der Waals surface area contributed by atoms with Crippen LogP contribution in [-0.4, -0.2) is 18.6 Å². The van der Waals surface area contributed by atoms with E-state index in [0.29, 0.717) is 16.9 Å². The molecule has 0 bridgehead atoms. The zero-order valence-electron chi connectivity index (χ0n) is 9.93. The highest BCUT2D eigenvalue weighted by molar-refractivity contribution is 9.10. The number of carbonyl (C=O) groups excluding carboxylic acids is 1. The molecule has 7 heteroatoms. The molecule has 0 heterocycles. The Balaban J connectivity index is 2.36. The van der Waals surface area contributed by atoms with E-state index in [1.165, 1.54) is 0 Å². The Labute approximate surface area is 123 Å². The summed E-state index contributed by atoms with van der Waals surface area (Å²) in [5.41, 5.74) is 0.405. The van der Waals surface area contributed by atoms with Gasteiger partial charge in [0.15, 0.2) is 0 Å². The lowest BCUT2D eigenvalue weighted by molar-refractivity contribution is -0.135. The maximum Gasteiger partial charge on any atom is 0.389 e. The number of benzene rings is 1. The highest BCUT2D eigenvalue weighted by atomic mass is 79.9. The Bertz CT molecular complexity index is 451. The normalized spacial score (nSPS) is 11.4. The summed E-state index contributed by atoms with van der Waals surface area (Å²) in [6, 6.07) is 5.00. The minimum Gasteiger partial charge on any atom is -0.352 e. The first-order valence-corrected chi connectivity index (χ1v) is 6.87. The zero-order valence-corrected chi connectivity index (χ0v) is 12.4. The molecule has 0 aliphatic carbocycles. The van der Waals surface area contributed by atoms with Crippen LogP contribution in [0, 0.1) is 0 Å². The Hall–Kier alpha value is -0.690. The topological polar surface area (TPSA) is 29.1 Å². The molecule has 1 aromatic rings. The Morgan fingerprint density at radius 1 is 1.32 bits per heavy atom. The number of hydrogen-bond acceptors (Lipinski definition) is 2. The number of thiol groups is 1.